The number of aryl methyl sites for hydroxylation is 2. The van der Waals surface area contributed by atoms with Gasteiger partial charge in [0.1, 0.15) is 11.8 Å². The van der Waals surface area contributed by atoms with Crippen LogP contribution in [0.2, 0.25) is 0 Å². The second-order valence-corrected chi connectivity index (χ2v) is 8.02. The van der Waals surface area contributed by atoms with Gasteiger partial charge in [-0.25, -0.2) is 9.78 Å². The summed E-state index contributed by atoms with van der Waals surface area (Å²) in [5.74, 6) is 0.647. The molecule has 27 heavy (non-hydrogen) atoms. The molecule has 0 spiro atoms. The van der Waals surface area contributed by atoms with Gasteiger partial charge in [0.25, 0.3) is 0 Å². The van der Waals surface area contributed by atoms with Crippen LogP contribution in [0.5, 0.6) is 0 Å². The Balaban J connectivity index is 1.68. The Hall–Kier alpha value is -1.75. The molecule has 3 rings (SSSR count). The van der Waals surface area contributed by atoms with Crippen LogP contribution in [0.1, 0.15) is 37.6 Å². The van der Waals surface area contributed by atoms with Crippen molar-refractivity contribution in [2.24, 2.45) is 18.7 Å². The van der Waals surface area contributed by atoms with Crippen molar-refractivity contribution < 1.29 is 9.53 Å². The molecule has 1 atom stereocenters. The zero-order chi connectivity index (χ0) is 19.4. The lowest BCUT2D eigenvalue weighted by Gasteiger charge is -2.17. The van der Waals surface area contributed by atoms with Gasteiger partial charge in [-0.05, 0) is 53.5 Å². The lowest BCUT2D eigenvalue weighted by Crippen LogP contribution is -2.33. The molecule has 3 N–H and O–H groups in total. The number of pyridine rings is 1. The molecule has 1 aliphatic carbocycles. The molecule has 2 aromatic rings. The maximum absolute atomic E-state index is 11.1. The largest absolute Gasteiger partial charge is 0.445 e. The summed E-state index contributed by atoms with van der Waals surface area (Å²) in [7, 11) is 1.86. The molecule has 9 heteroatoms. The van der Waals surface area contributed by atoms with Crippen molar-refractivity contribution in [3.63, 3.8) is 0 Å². The van der Waals surface area contributed by atoms with E-state index < -0.39 is 6.09 Å². The van der Waals surface area contributed by atoms with Crippen molar-refractivity contribution in [2.45, 2.75) is 45.3 Å². The number of aromatic nitrogens is 4. The number of halogens is 1. The van der Waals surface area contributed by atoms with Crippen LogP contribution >= 0.6 is 22.6 Å². The predicted octanol–water partition coefficient (Wildman–Crippen LogP) is 2.40. The van der Waals surface area contributed by atoms with Crippen LogP contribution in [-0.2, 0) is 24.8 Å². The summed E-state index contributed by atoms with van der Waals surface area (Å²) in [5, 5.41) is 11.8. The van der Waals surface area contributed by atoms with Gasteiger partial charge in [-0.1, -0.05) is 25.0 Å². The fraction of sp³-hybridized carbons (Fsp3) is 0.556. The number of nitrogens with two attached hydrogens (primary N) is 1. The second-order valence-electron chi connectivity index (χ2n) is 6.86. The van der Waals surface area contributed by atoms with Crippen LogP contribution in [0.4, 0.5) is 4.79 Å². The maximum atomic E-state index is 11.1. The summed E-state index contributed by atoms with van der Waals surface area (Å²) in [6.45, 7) is 3.19. The SMILES string of the molecule is CCc1nc(-c2nnn(C)c2CNC[C@H](CC2CC2)OC(N)=O)ccc1I. The average Bonchev–Trinajstić information content (AvgIpc) is 3.37. The molecule has 0 saturated heterocycles. The molecule has 1 aliphatic rings. The van der Waals surface area contributed by atoms with Gasteiger partial charge in [-0.2, -0.15) is 0 Å². The molecule has 1 saturated carbocycles. The van der Waals surface area contributed by atoms with Gasteiger partial charge >= 0.3 is 6.09 Å². The van der Waals surface area contributed by atoms with Crippen molar-refractivity contribution in [2.75, 3.05) is 6.54 Å². The first-order valence-corrected chi connectivity index (χ1v) is 10.3. The number of nitrogens with zero attached hydrogens (tertiary/aromatic N) is 4. The molecule has 2 heterocycles. The van der Waals surface area contributed by atoms with E-state index in [2.05, 4.69) is 51.2 Å². The third kappa shape index (κ3) is 5.38. The second kappa shape index (κ2) is 8.96. The number of primary amides is 1. The fourth-order valence-electron chi connectivity index (χ4n) is 3.05. The van der Waals surface area contributed by atoms with E-state index in [-0.39, 0.29) is 6.10 Å². The molecule has 0 aromatic carbocycles. The van der Waals surface area contributed by atoms with E-state index >= 15 is 0 Å². The Morgan fingerprint density at radius 1 is 1.48 bits per heavy atom. The van der Waals surface area contributed by atoms with Crippen molar-refractivity contribution in [1.82, 2.24) is 25.3 Å². The molecule has 0 radical (unpaired) electrons. The number of rotatable bonds is 9. The quantitative estimate of drug-likeness (QED) is 0.530. The van der Waals surface area contributed by atoms with E-state index in [9.17, 15) is 4.79 Å². The summed E-state index contributed by atoms with van der Waals surface area (Å²) in [5.41, 5.74) is 8.78. The van der Waals surface area contributed by atoms with E-state index in [1.807, 2.05) is 13.1 Å². The standard InChI is InChI=1S/C18H25IN6O2/c1-3-14-13(19)6-7-15(22-14)17-16(25(2)24-23-17)10-21-9-12(27-18(20)26)8-11-4-5-11/h6-7,11-12,21H,3-5,8-10H2,1-2H3,(H2,20,26)/t12-/m0/s1. The highest BCUT2D eigenvalue weighted by Crippen LogP contribution is 2.34. The molecule has 0 unspecified atom stereocenters. The zero-order valence-electron chi connectivity index (χ0n) is 15.6. The van der Waals surface area contributed by atoms with Crippen molar-refractivity contribution in [3.8, 4) is 11.4 Å². The zero-order valence-corrected chi connectivity index (χ0v) is 17.8. The van der Waals surface area contributed by atoms with E-state index in [1.54, 1.807) is 4.68 Å². The smallest absolute Gasteiger partial charge is 0.404 e. The van der Waals surface area contributed by atoms with E-state index in [4.69, 9.17) is 15.5 Å². The molecule has 1 fully saturated rings. The highest BCUT2D eigenvalue weighted by atomic mass is 127. The Labute approximate surface area is 172 Å². The molecule has 1 amide bonds. The number of ether oxygens (including phenoxy) is 1. The van der Waals surface area contributed by atoms with Crippen LogP contribution in [0.25, 0.3) is 11.4 Å². The molecule has 146 valence electrons. The van der Waals surface area contributed by atoms with Gasteiger partial charge < -0.3 is 15.8 Å². The fourth-order valence-corrected chi connectivity index (χ4v) is 3.73. The van der Waals surface area contributed by atoms with Crippen LogP contribution in [0, 0.1) is 9.49 Å². The molecular weight excluding hydrogens is 459 g/mol. The van der Waals surface area contributed by atoms with Gasteiger partial charge in [0.05, 0.1) is 17.1 Å². The Bertz CT molecular complexity index is 805. The summed E-state index contributed by atoms with van der Waals surface area (Å²) in [4.78, 5) is 15.9. The van der Waals surface area contributed by atoms with Crippen LogP contribution in [0.15, 0.2) is 12.1 Å². The summed E-state index contributed by atoms with van der Waals surface area (Å²) in [6, 6.07) is 4.03. The molecule has 2 aromatic heterocycles. The average molecular weight is 484 g/mol. The lowest BCUT2D eigenvalue weighted by molar-refractivity contribution is 0.0966. The normalized spacial score (nSPS) is 14.9. The minimum atomic E-state index is -0.722. The van der Waals surface area contributed by atoms with Crippen LogP contribution in [-0.4, -0.2) is 38.7 Å². The number of hydrogen-bond acceptors (Lipinski definition) is 6. The van der Waals surface area contributed by atoms with Crippen molar-refractivity contribution in [1.29, 1.82) is 0 Å². The van der Waals surface area contributed by atoms with Gasteiger partial charge in [-0.3, -0.25) is 4.68 Å². The monoisotopic (exact) mass is 484 g/mol. The van der Waals surface area contributed by atoms with E-state index in [0.29, 0.717) is 19.0 Å². The highest BCUT2D eigenvalue weighted by Gasteiger charge is 2.27. The Morgan fingerprint density at radius 3 is 2.93 bits per heavy atom. The molecule has 0 aliphatic heterocycles. The first-order chi connectivity index (χ1) is 13.0. The number of carbonyl (C=O) groups is 1. The predicted molar refractivity (Wildman–Crippen MR) is 110 cm³/mol. The maximum Gasteiger partial charge on any atom is 0.404 e. The van der Waals surface area contributed by atoms with Crippen LogP contribution < -0.4 is 11.1 Å². The summed E-state index contributed by atoms with van der Waals surface area (Å²) in [6.07, 6.45) is 3.20. The molecule has 8 nitrogen and oxygen atoms in total. The Kier molecular flexibility index (Phi) is 6.64. The third-order valence-electron chi connectivity index (χ3n) is 4.68. The first-order valence-electron chi connectivity index (χ1n) is 9.19. The third-order valence-corrected chi connectivity index (χ3v) is 5.66. The first kappa shape index (κ1) is 20.0. The van der Waals surface area contributed by atoms with Gasteiger partial charge in [0.2, 0.25) is 0 Å². The summed E-state index contributed by atoms with van der Waals surface area (Å²) < 4.78 is 8.13. The minimum Gasteiger partial charge on any atom is -0.445 e. The number of hydrogen-bond donors (Lipinski definition) is 2. The molecule has 0 bridgehead atoms. The topological polar surface area (TPSA) is 108 Å². The minimum absolute atomic E-state index is 0.206. The van der Waals surface area contributed by atoms with Gasteiger partial charge in [-0.15, -0.1) is 5.10 Å². The van der Waals surface area contributed by atoms with Gasteiger partial charge in [0.15, 0.2) is 0 Å². The van der Waals surface area contributed by atoms with E-state index in [0.717, 1.165) is 39.2 Å². The summed E-state index contributed by atoms with van der Waals surface area (Å²) >= 11 is 2.30. The highest BCUT2D eigenvalue weighted by molar-refractivity contribution is 14.1. The van der Waals surface area contributed by atoms with Crippen molar-refractivity contribution >= 4 is 28.7 Å². The van der Waals surface area contributed by atoms with Crippen molar-refractivity contribution in [3.05, 3.63) is 27.1 Å². The lowest BCUT2D eigenvalue weighted by atomic mass is 10.1. The van der Waals surface area contributed by atoms with Gasteiger partial charge in [0, 0.05) is 23.7 Å². The number of amides is 1. The van der Waals surface area contributed by atoms with E-state index in [1.165, 1.54) is 12.8 Å². The van der Waals surface area contributed by atoms with Crippen LogP contribution in [0.3, 0.4) is 0 Å². The molecular formula is C18H25IN6O2. The Morgan fingerprint density at radius 2 is 2.26 bits per heavy atom. The number of carbonyl (C=O) groups excluding carboxylic acids is 1. The number of nitrogens with one attached hydrogen (secondary N) is 1.